The Bertz CT molecular complexity index is 2900. The maximum Gasteiger partial charge on any atom is 0.0544 e. The van der Waals surface area contributed by atoms with Gasteiger partial charge >= 0.3 is 0 Å². The molecule has 0 atom stereocenters. The van der Waals surface area contributed by atoms with Gasteiger partial charge in [0.15, 0.2) is 0 Å². The first-order valence-electron chi connectivity index (χ1n) is 18.9. The van der Waals surface area contributed by atoms with Gasteiger partial charge in [0.05, 0.1) is 22.1 Å². The fraction of sp³-hybridized carbons (Fsp3) is 0.176. The van der Waals surface area contributed by atoms with Crippen molar-refractivity contribution in [2.24, 2.45) is 5.41 Å². The van der Waals surface area contributed by atoms with Crippen LogP contribution in [0.4, 0.5) is 0 Å². The average Bonchev–Trinajstić information content (AvgIpc) is 3.73. The number of hydrogen-bond acceptors (Lipinski definition) is 0. The summed E-state index contributed by atoms with van der Waals surface area (Å²) in [6, 6.07) is 58.3. The van der Waals surface area contributed by atoms with Gasteiger partial charge in [-0.2, -0.15) is 0 Å². The minimum atomic E-state index is -0.0320. The van der Waals surface area contributed by atoms with Crippen LogP contribution in [0.25, 0.3) is 77.2 Å². The van der Waals surface area contributed by atoms with Crippen LogP contribution >= 0.6 is 0 Å². The Hall–Kier alpha value is -5.86. The van der Waals surface area contributed by atoms with Crippen molar-refractivity contribution in [3.05, 3.63) is 169 Å². The second kappa shape index (κ2) is 11.1. The molecule has 1 aliphatic rings. The molecule has 0 spiro atoms. The van der Waals surface area contributed by atoms with Gasteiger partial charge in [0.1, 0.15) is 0 Å². The fourth-order valence-corrected chi connectivity index (χ4v) is 9.63. The molecule has 0 bridgehead atoms. The predicted octanol–water partition coefficient (Wildman–Crippen LogP) is 13.8. The Morgan fingerprint density at radius 1 is 0.358 bits per heavy atom. The lowest BCUT2D eigenvalue weighted by molar-refractivity contribution is 0.125. The molecule has 0 saturated heterocycles. The van der Waals surface area contributed by atoms with E-state index in [4.69, 9.17) is 0 Å². The zero-order chi connectivity index (χ0) is 36.3. The molecule has 0 radical (unpaired) electrons. The predicted molar refractivity (Wildman–Crippen MR) is 226 cm³/mol. The summed E-state index contributed by atoms with van der Waals surface area (Å²) in [5.74, 6) is 0. The lowest BCUT2D eigenvalue weighted by atomic mass is 9.59. The number of para-hydroxylation sites is 2. The van der Waals surface area contributed by atoms with Crippen molar-refractivity contribution in [2.75, 3.05) is 0 Å². The molecule has 0 amide bonds. The largest absolute Gasteiger partial charge is 0.309 e. The molecule has 2 aromatic heterocycles. The second-order valence-corrected chi connectivity index (χ2v) is 16.7. The highest BCUT2D eigenvalue weighted by molar-refractivity contribution is 6.14. The Labute approximate surface area is 312 Å². The number of hydrogen-bond donors (Lipinski definition) is 0. The summed E-state index contributed by atoms with van der Waals surface area (Å²) in [5.41, 5.74) is 15.3. The number of rotatable bonds is 4. The highest BCUT2D eigenvalue weighted by atomic mass is 15.0. The summed E-state index contributed by atoms with van der Waals surface area (Å²) in [5, 5.41) is 5.24. The molecule has 0 saturated carbocycles. The lowest BCUT2D eigenvalue weighted by Crippen LogP contribution is -2.42. The molecule has 53 heavy (non-hydrogen) atoms. The Morgan fingerprint density at radius 2 is 0.887 bits per heavy atom. The van der Waals surface area contributed by atoms with E-state index in [1.165, 1.54) is 88.4 Å². The van der Waals surface area contributed by atoms with Gasteiger partial charge in [-0.3, -0.25) is 0 Å². The van der Waals surface area contributed by atoms with Crippen LogP contribution in [0.3, 0.4) is 0 Å². The molecule has 2 nitrogen and oxygen atoms in total. The minimum absolute atomic E-state index is 0.0265. The topological polar surface area (TPSA) is 9.86 Å². The molecule has 0 fully saturated rings. The second-order valence-electron chi connectivity index (χ2n) is 16.7. The van der Waals surface area contributed by atoms with Crippen molar-refractivity contribution in [1.29, 1.82) is 0 Å². The Kier molecular flexibility index (Phi) is 6.65. The van der Waals surface area contributed by atoms with Crippen LogP contribution in [0, 0.1) is 5.41 Å². The lowest BCUT2D eigenvalue weighted by Gasteiger charge is -2.44. The van der Waals surface area contributed by atoms with Crippen molar-refractivity contribution in [3.8, 4) is 33.6 Å². The highest BCUT2D eigenvalue weighted by Crippen LogP contribution is 2.63. The van der Waals surface area contributed by atoms with E-state index >= 15 is 0 Å². The van der Waals surface area contributed by atoms with E-state index in [1.807, 2.05) is 0 Å². The highest BCUT2D eigenvalue weighted by Gasteiger charge is 2.57. The molecular formula is C51H44N2. The van der Waals surface area contributed by atoms with Gasteiger partial charge in [-0.05, 0) is 110 Å². The smallest absolute Gasteiger partial charge is 0.0544 e. The summed E-state index contributed by atoms with van der Waals surface area (Å²) in [6.45, 7) is 14.7. The monoisotopic (exact) mass is 684 g/mol. The number of benzene rings is 7. The van der Waals surface area contributed by atoms with E-state index in [0.29, 0.717) is 0 Å². The first kappa shape index (κ1) is 31.8. The van der Waals surface area contributed by atoms with Crippen LogP contribution in [0.5, 0.6) is 0 Å². The molecule has 9 aromatic rings. The summed E-state index contributed by atoms with van der Waals surface area (Å²) < 4.78 is 4.90. The third-order valence-corrected chi connectivity index (χ3v) is 13.6. The van der Waals surface area contributed by atoms with Gasteiger partial charge in [0, 0.05) is 32.9 Å². The Balaban J connectivity index is 1.21. The molecule has 0 N–H and O–H groups in total. The van der Waals surface area contributed by atoms with E-state index in [-0.39, 0.29) is 16.2 Å². The van der Waals surface area contributed by atoms with Gasteiger partial charge in [-0.1, -0.05) is 139 Å². The zero-order valence-corrected chi connectivity index (χ0v) is 31.4. The molecule has 7 aromatic carbocycles. The van der Waals surface area contributed by atoms with Crippen molar-refractivity contribution >= 4 is 43.6 Å². The van der Waals surface area contributed by atoms with Gasteiger partial charge in [0.2, 0.25) is 0 Å². The SMILES string of the molecule is CC1(C)c2ccc3c(c2C(C)(C)C1(C)C)c1cc(-c2ccc4c(c2)c2ccccc2n4-c2cccc(-c4ccccc4)c2)ccc1n3-c1ccccc1. The average molecular weight is 685 g/mol. The summed E-state index contributed by atoms with van der Waals surface area (Å²) in [7, 11) is 0. The zero-order valence-electron chi connectivity index (χ0n) is 31.4. The van der Waals surface area contributed by atoms with E-state index in [9.17, 15) is 0 Å². The maximum atomic E-state index is 2.48. The third-order valence-electron chi connectivity index (χ3n) is 13.6. The molecule has 0 aliphatic heterocycles. The summed E-state index contributed by atoms with van der Waals surface area (Å²) >= 11 is 0. The summed E-state index contributed by atoms with van der Waals surface area (Å²) in [4.78, 5) is 0. The fourth-order valence-electron chi connectivity index (χ4n) is 9.63. The van der Waals surface area contributed by atoms with Crippen LogP contribution in [0.15, 0.2) is 158 Å². The van der Waals surface area contributed by atoms with Gasteiger partial charge in [-0.25, -0.2) is 0 Å². The molecule has 1 aliphatic carbocycles. The van der Waals surface area contributed by atoms with Crippen molar-refractivity contribution in [2.45, 2.75) is 52.4 Å². The van der Waals surface area contributed by atoms with E-state index in [2.05, 4.69) is 208 Å². The van der Waals surface area contributed by atoms with E-state index in [1.54, 1.807) is 0 Å². The molecule has 2 heteroatoms. The Morgan fingerprint density at radius 3 is 1.62 bits per heavy atom. The minimum Gasteiger partial charge on any atom is -0.309 e. The number of aromatic nitrogens is 2. The van der Waals surface area contributed by atoms with Gasteiger partial charge in [-0.15, -0.1) is 0 Å². The van der Waals surface area contributed by atoms with Crippen LogP contribution in [-0.4, -0.2) is 9.13 Å². The molecule has 10 rings (SSSR count). The van der Waals surface area contributed by atoms with Crippen molar-refractivity contribution in [3.63, 3.8) is 0 Å². The van der Waals surface area contributed by atoms with Crippen LogP contribution in [0.2, 0.25) is 0 Å². The first-order valence-corrected chi connectivity index (χ1v) is 18.9. The van der Waals surface area contributed by atoms with Gasteiger partial charge < -0.3 is 9.13 Å². The van der Waals surface area contributed by atoms with Crippen molar-refractivity contribution < 1.29 is 0 Å². The molecular weight excluding hydrogens is 641 g/mol. The standard InChI is InChI=1S/C51H44N2/c1-49(2)42-26-29-46-47(48(42)50(3,4)51(49,5)6)41-32-36(25-28-45(41)52(46)37-19-11-8-12-20-37)35-24-27-44-40(31-35)39-22-13-14-23-43(39)53(44)38-21-15-18-34(30-38)33-16-9-7-10-17-33/h7-32H,1-6H3. The molecule has 258 valence electrons. The maximum absolute atomic E-state index is 2.48. The summed E-state index contributed by atoms with van der Waals surface area (Å²) in [6.07, 6.45) is 0. The van der Waals surface area contributed by atoms with Gasteiger partial charge in [0.25, 0.3) is 0 Å². The van der Waals surface area contributed by atoms with Crippen LogP contribution < -0.4 is 0 Å². The van der Waals surface area contributed by atoms with Crippen molar-refractivity contribution in [1.82, 2.24) is 9.13 Å². The number of nitrogens with zero attached hydrogens (tertiary/aromatic N) is 2. The number of fused-ring (bicyclic) bond motifs is 8. The molecule has 2 heterocycles. The first-order chi connectivity index (χ1) is 25.6. The molecule has 0 unspecified atom stereocenters. The quantitative estimate of drug-likeness (QED) is 0.175. The van der Waals surface area contributed by atoms with Crippen LogP contribution in [-0.2, 0) is 10.8 Å². The van der Waals surface area contributed by atoms with E-state index < -0.39 is 0 Å². The third kappa shape index (κ3) is 4.33. The normalized spacial score (nSPS) is 15.8. The van der Waals surface area contributed by atoms with Crippen LogP contribution in [0.1, 0.15) is 52.7 Å². The van der Waals surface area contributed by atoms with E-state index in [0.717, 1.165) is 0 Å².